The van der Waals surface area contributed by atoms with Crippen LogP contribution in [0.2, 0.25) is 5.02 Å². The summed E-state index contributed by atoms with van der Waals surface area (Å²) < 4.78 is 5.71. The van der Waals surface area contributed by atoms with Crippen LogP contribution < -0.4 is 5.32 Å². The summed E-state index contributed by atoms with van der Waals surface area (Å²) in [5.41, 5.74) is 0.578. The van der Waals surface area contributed by atoms with Crippen LogP contribution in [0.4, 0.5) is 11.4 Å². The van der Waals surface area contributed by atoms with Gasteiger partial charge in [0.25, 0.3) is 11.6 Å². The van der Waals surface area contributed by atoms with Crippen molar-refractivity contribution >= 4 is 34.9 Å². The summed E-state index contributed by atoms with van der Waals surface area (Å²) in [5, 5.41) is 13.5. The highest BCUT2D eigenvalue weighted by atomic mass is 35.5. The lowest BCUT2D eigenvalue weighted by molar-refractivity contribution is -0.384. The SMILES string of the molecule is O=C(Nc1ccc([N+](=O)[O-])cc1Cl)C(OC(=O)C1CC2CCC1C2)c1ccccc1. The number of benzene rings is 2. The van der Waals surface area contributed by atoms with Gasteiger partial charge in [-0.15, -0.1) is 0 Å². The number of fused-ring (bicyclic) bond motifs is 2. The topological polar surface area (TPSA) is 98.5 Å². The van der Waals surface area contributed by atoms with E-state index in [1.165, 1.54) is 12.1 Å². The fourth-order valence-electron chi connectivity index (χ4n) is 4.55. The Bertz CT molecular complexity index is 981. The molecular formula is C22H21ClN2O5. The lowest BCUT2D eigenvalue weighted by Gasteiger charge is -2.24. The quantitative estimate of drug-likeness (QED) is 0.400. The number of nitro groups is 1. The van der Waals surface area contributed by atoms with Gasteiger partial charge >= 0.3 is 5.97 Å². The molecule has 0 aliphatic heterocycles. The highest BCUT2D eigenvalue weighted by molar-refractivity contribution is 6.34. The minimum atomic E-state index is -1.14. The lowest BCUT2D eigenvalue weighted by Crippen LogP contribution is -2.30. The van der Waals surface area contributed by atoms with Crippen LogP contribution in [0.5, 0.6) is 0 Å². The Labute approximate surface area is 178 Å². The number of esters is 1. The van der Waals surface area contributed by atoms with Gasteiger partial charge in [0.15, 0.2) is 0 Å². The molecule has 2 fully saturated rings. The first kappa shape index (κ1) is 20.3. The van der Waals surface area contributed by atoms with Gasteiger partial charge in [-0.2, -0.15) is 0 Å². The summed E-state index contributed by atoms with van der Waals surface area (Å²) >= 11 is 6.09. The van der Waals surface area contributed by atoms with E-state index in [4.69, 9.17) is 16.3 Å². The van der Waals surface area contributed by atoms with Gasteiger partial charge in [-0.05, 0) is 37.2 Å². The van der Waals surface area contributed by atoms with Crippen LogP contribution in [0.25, 0.3) is 0 Å². The molecule has 0 saturated heterocycles. The van der Waals surface area contributed by atoms with E-state index in [1.807, 2.05) is 6.07 Å². The van der Waals surface area contributed by atoms with Gasteiger partial charge in [0.2, 0.25) is 6.10 Å². The molecule has 4 unspecified atom stereocenters. The number of ether oxygens (including phenoxy) is 1. The average Bonchev–Trinajstić information content (AvgIpc) is 3.37. The van der Waals surface area contributed by atoms with Crippen molar-refractivity contribution in [1.82, 2.24) is 0 Å². The van der Waals surface area contributed by atoms with Crippen molar-refractivity contribution in [2.45, 2.75) is 31.8 Å². The van der Waals surface area contributed by atoms with Crippen molar-refractivity contribution in [1.29, 1.82) is 0 Å². The summed E-state index contributed by atoms with van der Waals surface area (Å²) in [7, 11) is 0. The fourth-order valence-corrected chi connectivity index (χ4v) is 4.78. The standard InChI is InChI=1S/C22H21ClN2O5/c23-18-12-16(25(28)29)8-9-19(18)24-21(26)20(14-4-2-1-3-5-14)30-22(27)17-11-13-6-7-15(17)10-13/h1-5,8-9,12-13,15,17,20H,6-7,10-11H2,(H,24,26). The molecule has 1 amide bonds. The predicted octanol–water partition coefficient (Wildman–Crippen LogP) is 4.91. The number of carbonyl (C=O) groups excluding carboxylic acids is 2. The van der Waals surface area contributed by atoms with Crippen LogP contribution in [0.15, 0.2) is 48.5 Å². The van der Waals surface area contributed by atoms with E-state index >= 15 is 0 Å². The molecule has 7 nitrogen and oxygen atoms in total. The molecule has 0 heterocycles. The van der Waals surface area contributed by atoms with Crippen molar-refractivity contribution in [3.05, 3.63) is 69.2 Å². The third-order valence-corrected chi connectivity index (χ3v) is 6.35. The Balaban J connectivity index is 1.53. The molecule has 0 aromatic heterocycles. The zero-order valence-corrected chi connectivity index (χ0v) is 16.9. The van der Waals surface area contributed by atoms with Crippen LogP contribution in [-0.2, 0) is 14.3 Å². The van der Waals surface area contributed by atoms with E-state index in [1.54, 1.807) is 24.3 Å². The Morgan fingerprint density at radius 3 is 2.50 bits per heavy atom. The first-order valence-electron chi connectivity index (χ1n) is 9.92. The van der Waals surface area contributed by atoms with Gasteiger partial charge in [-0.1, -0.05) is 48.4 Å². The molecule has 0 radical (unpaired) electrons. The van der Waals surface area contributed by atoms with Crippen molar-refractivity contribution in [2.75, 3.05) is 5.32 Å². The number of hydrogen-bond donors (Lipinski definition) is 1. The van der Waals surface area contributed by atoms with Crippen LogP contribution in [-0.4, -0.2) is 16.8 Å². The molecule has 2 aliphatic rings. The molecule has 4 rings (SSSR count). The van der Waals surface area contributed by atoms with Gasteiger partial charge in [-0.3, -0.25) is 19.7 Å². The van der Waals surface area contributed by atoms with Gasteiger partial charge in [-0.25, -0.2) is 0 Å². The van der Waals surface area contributed by atoms with Crippen molar-refractivity contribution in [3.8, 4) is 0 Å². The normalized spacial score (nSPS) is 23.0. The molecule has 30 heavy (non-hydrogen) atoms. The summed E-state index contributed by atoms with van der Waals surface area (Å²) in [5.74, 6) is -0.151. The van der Waals surface area contributed by atoms with Crippen molar-refractivity contribution < 1.29 is 19.2 Å². The summed E-state index contributed by atoms with van der Waals surface area (Å²) in [6, 6.07) is 12.5. The summed E-state index contributed by atoms with van der Waals surface area (Å²) in [6.45, 7) is 0. The summed E-state index contributed by atoms with van der Waals surface area (Å²) in [4.78, 5) is 36.2. The molecule has 8 heteroatoms. The maximum atomic E-state index is 13.0. The minimum absolute atomic E-state index is 0.0313. The van der Waals surface area contributed by atoms with Gasteiger partial charge in [0.1, 0.15) is 0 Å². The van der Waals surface area contributed by atoms with E-state index in [-0.39, 0.29) is 28.3 Å². The molecule has 2 bridgehead atoms. The maximum absolute atomic E-state index is 13.0. The number of carbonyl (C=O) groups is 2. The highest BCUT2D eigenvalue weighted by Crippen LogP contribution is 2.49. The van der Waals surface area contributed by atoms with Gasteiger partial charge < -0.3 is 10.1 Å². The number of rotatable bonds is 6. The second kappa shape index (κ2) is 8.44. The number of halogens is 1. The molecule has 1 N–H and O–H groups in total. The number of anilines is 1. The van der Waals surface area contributed by atoms with Crippen molar-refractivity contribution in [2.24, 2.45) is 17.8 Å². The van der Waals surface area contributed by atoms with Crippen LogP contribution >= 0.6 is 11.6 Å². The van der Waals surface area contributed by atoms with Crippen LogP contribution in [0.3, 0.4) is 0 Å². The second-order valence-electron chi connectivity index (χ2n) is 7.92. The molecule has 2 aromatic carbocycles. The van der Waals surface area contributed by atoms with E-state index < -0.39 is 16.9 Å². The molecular weight excluding hydrogens is 408 g/mol. The molecule has 2 aromatic rings. The molecule has 2 aliphatic carbocycles. The zero-order chi connectivity index (χ0) is 21.3. The zero-order valence-electron chi connectivity index (χ0n) is 16.1. The molecule has 156 valence electrons. The molecule has 4 atom stereocenters. The monoisotopic (exact) mass is 428 g/mol. The van der Waals surface area contributed by atoms with Gasteiger partial charge in [0.05, 0.1) is 21.6 Å². The van der Waals surface area contributed by atoms with Crippen LogP contribution in [0.1, 0.15) is 37.4 Å². The van der Waals surface area contributed by atoms with E-state index in [2.05, 4.69) is 5.32 Å². The Morgan fingerprint density at radius 1 is 1.13 bits per heavy atom. The first-order valence-corrected chi connectivity index (χ1v) is 10.3. The van der Waals surface area contributed by atoms with Gasteiger partial charge in [0, 0.05) is 17.7 Å². The Morgan fingerprint density at radius 2 is 1.90 bits per heavy atom. The number of nitrogens with one attached hydrogen (secondary N) is 1. The summed E-state index contributed by atoms with van der Waals surface area (Å²) in [6.07, 6.45) is 2.94. The minimum Gasteiger partial charge on any atom is -0.447 e. The number of hydrogen-bond acceptors (Lipinski definition) is 5. The van der Waals surface area contributed by atoms with E-state index in [0.29, 0.717) is 17.4 Å². The van der Waals surface area contributed by atoms with E-state index in [0.717, 1.165) is 31.7 Å². The number of nitrogens with zero attached hydrogens (tertiary/aromatic N) is 1. The number of nitro benzene ring substituents is 1. The molecule has 2 saturated carbocycles. The highest BCUT2D eigenvalue weighted by Gasteiger charge is 2.45. The number of amides is 1. The van der Waals surface area contributed by atoms with E-state index in [9.17, 15) is 19.7 Å². The number of non-ortho nitro benzene ring substituents is 1. The Kier molecular flexibility index (Phi) is 5.72. The van der Waals surface area contributed by atoms with Crippen LogP contribution in [0, 0.1) is 27.9 Å². The first-order chi connectivity index (χ1) is 14.4. The average molecular weight is 429 g/mol. The Hall–Kier alpha value is -2.93. The third-order valence-electron chi connectivity index (χ3n) is 6.04. The lowest BCUT2D eigenvalue weighted by atomic mass is 9.89. The predicted molar refractivity (Wildman–Crippen MR) is 111 cm³/mol. The smallest absolute Gasteiger partial charge is 0.310 e. The van der Waals surface area contributed by atoms with Crippen molar-refractivity contribution in [3.63, 3.8) is 0 Å². The molecule has 0 spiro atoms. The largest absolute Gasteiger partial charge is 0.447 e. The fraction of sp³-hybridized carbons (Fsp3) is 0.364. The maximum Gasteiger partial charge on any atom is 0.310 e. The second-order valence-corrected chi connectivity index (χ2v) is 8.33. The third kappa shape index (κ3) is 4.16.